The second-order valence-corrected chi connectivity index (χ2v) is 11.1. The van der Waals surface area contributed by atoms with E-state index in [1.807, 2.05) is 31.6 Å². The summed E-state index contributed by atoms with van der Waals surface area (Å²) in [6.07, 6.45) is 7.02. The minimum atomic E-state index is -2.29. The molecular weight excluding hydrogens is 530 g/mol. The summed E-state index contributed by atoms with van der Waals surface area (Å²) in [6, 6.07) is 4.42. The summed E-state index contributed by atoms with van der Waals surface area (Å²) in [5.41, 5.74) is 2.90. The molecule has 3 aromatic heterocycles. The quantitative estimate of drug-likeness (QED) is 0.433. The van der Waals surface area contributed by atoms with E-state index in [2.05, 4.69) is 36.1 Å². The number of hydrogen-bond donors (Lipinski definition) is 1. The molecule has 6 rings (SSSR count). The van der Waals surface area contributed by atoms with E-state index in [9.17, 15) is 8.78 Å². The molecule has 3 fully saturated rings. The Balaban J connectivity index is 1.03. The van der Waals surface area contributed by atoms with Gasteiger partial charge in [0.05, 0.1) is 48.7 Å². The first-order valence-corrected chi connectivity index (χ1v) is 14.6. The van der Waals surface area contributed by atoms with E-state index in [0.717, 1.165) is 66.7 Å². The predicted molar refractivity (Wildman–Crippen MR) is 154 cm³/mol. The Morgan fingerprint density at radius 2 is 1.66 bits per heavy atom. The molecule has 3 aliphatic rings. The lowest BCUT2D eigenvalue weighted by atomic mass is 9.93. The minimum absolute atomic E-state index is 0.0798. The first-order chi connectivity index (χ1) is 20.0. The summed E-state index contributed by atoms with van der Waals surface area (Å²) in [6.45, 7) is 7.51. The largest absolute Gasteiger partial charge is 0.474 e. The van der Waals surface area contributed by atoms with Crippen LogP contribution in [-0.4, -0.2) is 102 Å². The van der Waals surface area contributed by atoms with Gasteiger partial charge in [-0.05, 0) is 44.2 Å². The minimum Gasteiger partial charge on any atom is -0.474 e. The van der Waals surface area contributed by atoms with E-state index in [1.54, 1.807) is 4.90 Å². The normalized spacial score (nSPS) is 22.3. The smallest absolute Gasteiger partial charge is 0.251 e. The van der Waals surface area contributed by atoms with E-state index >= 15 is 0 Å². The van der Waals surface area contributed by atoms with Gasteiger partial charge in [0, 0.05) is 57.6 Å². The van der Waals surface area contributed by atoms with Crippen LogP contribution in [0, 0.1) is 6.92 Å². The van der Waals surface area contributed by atoms with Gasteiger partial charge < -0.3 is 24.6 Å². The fourth-order valence-electron chi connectivity index (χ4n) is 5.84. The lowest BCUT2D eigenvalue weighted by Gasteiger charge is -2.35. The number of pyridine rings is 2. The van der Waals surface area contributed by atoms with Gasteiger partial charge in [-0.2, -0.15) is 4.98 Å². The molecule has 10 nitrogen and oxygen atoms in total. The van der Waals surface area contributed by atoms with Crippen LogP contribution in [0.5, 0.6) is 5.88 Å². The van der Waals surface area contributed by atoms with Crippen molar-refractivity contribution >= 4 is 28.4 Å². The van der Waals surface area contributed by atoms with Gasteiger partial charge in [-0.3, -0.25) is 9.88 Å². The highest BCUT2D eigenvalue weighted by molar-refractivity contribution is 5.86. The molecule has 0 bridgehead atoms. The number of nitrogens with zero attached hydrogens (tertiary/aromatic N) is 7. The molecule has 5 heterocycles. The van der Waals surface area contributed by atoms with Crippen LogP contribution in [0.4, 0.5) is 26.2 Å². The Bertz CT molecular complexity index is 1290. The molecular formula is C29H38F2N8O2. The third kappa shape index (κ3) is 6.92. The Hall–Kier alpha value is -3.38. The summed E-state index contributed by atoms with van der Waals surface area (Å²) in [4.78, 5) is 24.9. The zero-order valence-electron chi connectivity index (χ0n) is 23.5. The van der Waals surface area contributed by atoms with Crippen molar-refractivity contribution in [3.63, 3.8) is 0 Å². The van der Waals surface area contributed by atoms with Crippen LogP contribution in [0.2, 0.25) is 0 Å². The maximum Gasteiger partial charge on any atom is 0.251 e. The summed E-state index contributed by atoms with van der Waals surface area (Å²) in [7, 11) is 0. The highest BCUT2D eigenvalue weighted by atomic mass is 19.3. The zero-order valence-corrected chi connectivity index (χ0v) is 23.5. The molecule has 12 heteroatoms. The summed E-state index contributed by atoms with van der Waals surface area (Å²) in [5, 5.41) is 4.43. The van der Waals surface area contributed by atoms with Gasteiger partial charge in [0.15, 0.2) is 0 Å². The first kappa shape index (κ1) is 27.8. The Morgan fingerprint density at radius 3 is 2.37 bits per heavy atom. The number of aromatic nitrogens is 4. The van der Waals surface area contributed by atoms with Crippen LogP contribution in [0.3, 0.4) is 0 Å². The zero-order chi connectivity index (χ0) is 28.2. The number of morpholine rings is 1. The highest BCUT2D eigenvalue weighted by Gasteiger charge is 2.26. The molecule has 1 aliphatic carbocycles. The number of hydrogen-bond acceptors (Lipinski definition) is 10. The Labute approximate surface area is 239 Å². The maximum atomic E-state index is 12.6. The van der Waals surface area contributed by atoms with E-state index in [0.29, 0.717) is 51.2 Å². The number of halogens is 2. The van der Waals surface area contributed by atoms with Crippen molar-refractivity contribution in [3.8, 4) is 5.88 Å². The Morgan fingerprint density at radius 1 is 0.927 bits per heavy atom. The molecule has 0 spiro atoms. The van der Waals surface area contributed by atoms with Crippen LogP contribution in [-0.2, 0) is 4.74 Å². The van der Waals surface area contributed by atoms with Crippen molar-refractivity contribution in [2.45, 2.75) is 51.2 Å². The van der Waals surface area contributed by atoms with Crippen molar-refractivity contribution in [2.24, 2.45) is 0 Å². The molecule has 2 aliphatic heterocycles. The van der Waals surface area contributed by atoms with Gasteiger partial charge in [-0.25, -0.2) is 18.7 Å². The monoisotopic (exact) mass is 568 g/mol. The standard InChI is InChI=1S/C29H38F2N8O2/c1-20-14-24-25(32-16-20)15-27(39-10-12-40-13-11-39)36-28(24)41-23-4-2-21(3-5-23)35-29-33-17-22(18-34-29)38-8-6-37(7-9-38)19-26(30)31/h14-18,21,23,26H,2-13,19H2,1H3,(H,33,34,35). The van der Waals surface area contributed by atoms with Crippen molar-refractivity contribution in [1.29, 1.82) is 0 Å². The van der Waals surface area contributed by atoms with Gasteiger partial charge in [0.1, 0.15) is 11.9 Å². The molecule has 3 aromatic rings. The van der Waals surface area contributed by atoms with Gasteiger partial charge in [-0.1, -0.05) is 0 Å². The Kier molecular flexibility index (Phi) is 8.56. The molecule has 0 aromatic carbocycles. The first-order valence-electron chi connectivity index (χ1n) is 14.6. The number of rotatable bonds is 8. The fourth-order valence-corrected chi connectivity index (χ4v) is 5.84. The number of fused-ring (bicyclic) bond motifs is 1. The number of nitrogens with one attached hydrogen (secondary N) is 1. The predicted octanol–water partition coefficient (Wildman–Crippen LogP) is 3.75. The van der Waals surface area contributed by atoms with E-state index in [4.69, 9.17) is 14.5 Å². The molecule has 0 atom stereocenters. The van der Waals surface area contributed by atoms with Crippen LogP contribution in [0.25, 0.3) is 10.9 Å². The van der Waals surface area contributed by atoms with Crippen LogP contribution in [0.15, 0.2) is 30.7 Å². The average molecular weight is 569 g/mol. The summed E-state index contributed by atoms with van der Waals surface area (Å²) in [5.74, 6) is 2.16. The van der Waals surface area contributed by atoms with Gasteiger partial charge in [-0.15, -0.1) is 0 Å². The fraction of sp³-hybridized carbons (Fsp3) is 0.586. The number of alkyl halides is 2. The van der Waals surface area contributed by atoms with Crippen LogP contribution < -0.4 is 19.9 Å². The number of anilines is 3. The van der Waals surface area contributed by atoms with E-state index in [1.165, 1.54) is 0 Å². The molecule has 41 heavy (non-hydrogen) atoms. The molecule has 0 radical (unpaired) electrons. The third-order valence-corrected chi connectivity index (χ3v) is 8.16. The molecule has 2 saturated heterocycles. The number of aryl methyl sites for hydroxylation is 1. The van der Waals surface area contributed by atoms with Crippen LogP contribution >= 0.6 is 0 Å². The topological polar surface area (TPSA) is 91.8 Å². The number of ether oxygens (including phenoxy) is 2. The molecule has 1 N–H and O–H groups in total. The molecule has 0 amide bonds. The lowest BCUT2D eigenvalue weighted by Crippen LogP contribution is -2.47. The van der Waals surface area contributed by atoms with Crippen molar-refractivity contribution in [3.05, 3.63) is 36.3 Å². The second kappa shape index (κ2) is 12.6. The van der Waals surface area contributed by atoms with E-state index < -0.39 is 6.43 Å². The third-order valence-electron chi connectivity index (χ3n) is 8.16. The molecule has 1 saturated carbocycles. The molecule has 0 unspecified atom stereocenters. The van der Waals surface area contributed by atoms with Crippen LogP contribution in [0.1, 0.15) is 31.2 Å². The van der Waals surface area contributed by atoms with Crippen molar-refractivity contribution in [1.82, 2.24) is 24.8 Å². The number of piperazine rings is 1. The van der Waals surface area contributed by atoms with Gasteiger partial charge in [0.2, 0.25) is 11.8 Å². The maximum absolute atomic E-state index is 12.6. The summed E-state index contributed by atoms with van der Waals surface area (Å²) >= 11 is 0. The second-order valence-electron chi connectivity index (χ2n) is 11.1. The lowest BCUT2D eigenvalue weighted by molar-refractivity contribution is 0.0854. The SMILES string of the molecule is Cc1cnc2cc(N3CCOCC3)nc(OC3CCC(Nc4ncc(N5CCN(CC(F)F)CC5)cn4)CC3)c2c1. The molecule has 220 valence electrons. The van der Waals surface area contributed by atoms with Crippen molar-refractivity contribution in [2.75, 3.05) is 74.1 Å². The summed E-state index contributed by atoms with van der Waals surface area (Å²) < 4.78 is 37.4. The van der Waals surface area contributed by atoms with Gasteiger partial charge >= 0.3 is 0 Å². The highest BCUT2D eigenvalue weighted by Crippen LogP contribution is 2.32. The van der Waals surface area contributed by atoms with Crippen molar-refractivity contribution < 1.29 is 18.3 Å². The van der Waals surface area contributed by atoms with E-state index in [-0.39, 0.29) is 18.7 Å². The van der Waals surface area contributed by atoms with Gasteiger partial charge in [0.25, 0.3) is 6.43 Å². The average Bonchev–Trinajstić information content (AvgIpc) is 2.99.